The second-order valence-electron chi connectivity index (χ2n) is 17.2. The van der Waals surface area contributed by atoms with Crippen LogP contribution in [0.15, 0.2) is 36.9 Å². The number of carbonyl (C=O) groups is 4. The molecule has 3 heterocycles. The van der Waals surface area contributed by atoms with E-state index in [0.717, 1.165) is 24.8 Å². The van der Waals surface area contributed by atoms with Crippen LogP contribution in [-0.4, -0.2) is 97.5 Å². The minimum atomic E-state index is -3.92. The molecule has 2 aromatic rings. The molecule has 0 radical (unpaired) electrons. The number of amides is 4. The SMILES string of the molecule is C=C[C@@H]1C[C@]1(NC(=O)[C@@H]1C[C@@H]2CN1C(=O)[C@H](C(C)(C)C)NC(=O)O[C@H]1CCCC[C@@H]1C/C=C/c1cc3c(cc(OCC)nc3cc1OC)O2)C(=O)NS(=O)(=O)C1CC1. The van der Waals surface area contributed by atoms with Crippen molar-refractivity contribution in [2.75, 3.05) is 20.3 Å². The highest BCUT2D eigenvalue weighted by Gasteiger charge is 2.62. The van der Waals surface area contributed by atoms with Gasteiger partial charge in [0.15, 0.2) is 0 Å². The minimum Gasteiger partial charge on any atom is -0.496 e. The molecule has 58 heavy (non-hydrogen) atoms. The number of methoxy groups -OCH3 is 1. The first-order valence-corrected chi connectivity index (χ1v) is 21.9. The van der Waals surface area contributed by atoms with Crippen LogP contribution in [0.1, 0.15) is 91.0 Å². The molecule has 3 aliphatic carbocycles. The first-order chi connectivity index (χ1) is 27.6. The highest BCUT2D eigenvalue weighted by Crippen LogP contribution is 2.46. The van der Waals surface area contributed by atoms with Crippen LogP contribution in [0, 0.1) is 17.3 Å². The monoisotopic (exact) mass is 821 g/mol. The third kappa shape index (κ3) is 8.48. The molecule has 3 saturated carbocycles. The summed E-state index contributed by atoms with van der Waals surface area (Å²) < 4.78 is 52.2. The molecule has 7 atom stereocenters. The van der Waals surface area contributed by atoms with Gasteiger partial charge in [0.05, 0.1) is 31.0 Å². The summed E-state index contributed by atoms with van der Waals surface area (Å²) in [5, 5.41) is 5.69. The summed E-state index contributed by atoms with van der Waals surface area (Å²) in [4.78, 5) is 62.7. The largest absolute Gasteiger partial charge is 0.496 e. The number of allylic oxidation sites excluding steroid dienone is 1. The number of carbonyl (C=O) groups excluding carboxylic acids is 4. The number of benzene rings is 1. The van der Waals surface area contributed by atoms with Crippen molar-refractivity contribution in [3.05, 3.63) is 42.5 Å². The lowest BCUT2D eigenvalue weighted by Gasteiger charge is -2.36. The molecular formula is C42H55N5O10S. The Morgan fingerprint density at radius 2 is 1.88 bits per heavy atom. The zero-order valence-electron chi connectivity index (χ0n) is 33.9. The first-order valence-electron chi connectivity index (χ1n) is 20.3. The molecule has 4 bridgehead atoms. The van der Waals surface area contributed by atoms with Gasteiger partial charge in [-0.25, -0.2) is 18.2 Å². The van der Waals surface area contributed by atoms with E-state index in [4.69, 9.17) is 23.9 Å². The topological polar surface area (TPSA) is 192 Å². The van der Waals surface area contributed by atoms with Gasteiger partial charge < -0.3 is 34.5 Å². The van der Waals surface area contributed by atoms with E-state index in [1.54, 1.807) is 13.2 Å². The lowest BCUT2D eigenvalue weighted by molar-refractivity contribution is -0.143. The number of hydrogen-bond donors (Lipinski definition) is 3. The molecule has 0 unspecified atom stereocenters. The number of sulfonamides is 1. The fourth-order valence-corrected chi connectivity index (χ4v) is 9.85. The fourth-order valence-electron chi connectivity index (χ4n) is 8.49. The highest BCUT2D eigenvalue weighted by atomic mass is 32.2. The van der Waals surface area contributed by atoms with Gasteiger partial charge in [0.25, 0.3) is 5.91 Å². The zero-order chi connectivity index (χ0) is 41.6. The Hall–Kier alpha value is -4.86. The Balaban J connectivity index is 1.28. The molecule has 5 aliphatic rings. The van der Waals surface area contributed by atoms with E-state index in [9.17, 15) is 27.6 Å². The lowest BCUT2D eigenvalue weighted by atomic mass is 9.84. The summed E-state index contributed by atoms with van der Waals surface area (Å²) in [6.07, 6.45) is 8.88. The van der Waals surface area contributed by atoms with Gasteiger partial charge in [-0.2, -0.15) is 0 Å². The van der Waals surface area contributed by atoms with Crippen LogP contribution in [0.2, 0.25) is 0 Å². The molecule has 4 amide bonds. The maximum Gasteiger partial charge on any atom is 0.408 e. The van der Waals surface area contributed by atoms with Crippen molar-refractivity contribution in [2.24, 2.45) is 17.3 Å². The van der Waals surface area contributed by atoms with Crippen LogP contribution < -0.4 is 29.6 Å². The van der Waals surface area contributed by atoms with E-state index in [0.29, 0.717) is 60.6 Å². The van der Waals surface area contributed by atoms with Gasteiger partial charge in [0, 0.05) is 35.4 Å². The summed E-state index contributed by atoms with van der Waals surface area (Å²) in [7, 11) is -2.33. The summed E-state index contributed by atoms with van der Waals surface area (Å²) >= 11 is 0. The Labute approximate surface area is 339 Å². The van der Waals surface area contributed by atoms with E-state index >= 15 is 0 Å². The van der Waals surface area contributed by atoms with Gasteiger partial charge in [0.2, 0.25) is 27.7 Å². The maximum absolute atomic E-state index is 14.8. The molecule has 16 heteroatoms. The molecule has 4 fully saturated rings. The minimum absolute atomic E-state index is 0.0101. The molecule has 3 N–H and O–H groups in total. The van der Waals surface area contributed by atoms with Crippen molar-refractivity contribution in [1.82, 2.24) is 25.2 Å². The van der Waals surface area contributed by atoms with E-state index in [1.807, 2.05) is 45.9 Å². The number of pyridine rings is 1. The molecule has 0 spiro atoms. The number of ether oxygens (including phenoxy) is 4. The number of nitrogens with zero attached hydrogens (tertiary/aromatic N) is 2. The van der Waals surface area contributed by atoms with Crippen molar-refractivity contribution >= 4 is 50.8 Å². The molecule has 2 aliphatic heterocycles. The second kappa shape index (κ2) is 16.1. The van der Waals surface area contributed by atoms with Crippen LogP contribution in [0.5, 0.6) is 17.4 Å². The van der Waals surface area contributed by atoms with E-state index < -0.39 is 74.1 Å². The Kier molecular flexibility index (Phi) is 11.4. The number of alkyl carbamates (subject to hydrolysis) is 1. The molecule has 7 rings (SSSR count). The van der Waals surface area contributed by atoms with Crippen LogP contribution in [0.25, 0.3) is 17.0 Å². The third-order valence-corrected chi connectivity index (χ3v) is 13.8. The summed E-state index contributed by atoms with van der Waals surface area (Å²) in [5.74, 6) is -1.20. The van der Waals surface area contributed by atoms with Crippen molar-refractivity contribution in [3.63, 3.8) is 0 Å². The number of aromatic nitrogens is 1. The quantitative estimate of drug-likeness (QED) is 0.295. The zero-order valence-corrected chi connectivity index (χ0v) is 34.7. The Morgan fingerprint density at radius 1 is 1.12 bits per heavy atom. The molecule has 1 aromatic heterocycles. The van der Waals surface area contributed by atoms with E-state index in [2.05, 4.69) is 28.0 Å². The Bertz CT molecular complexity index is 2110. The molecule has 1 aromatic carbocycles. The average molecular weight is 822 g/mol. The maximum atomic E-state index is 14.8. The third-order valence-electron chi connectivity index (χ3n) is 12.0. The second-order valence-corrected chi connectivity index (χ2v) is 19.2. The number of rotatable bonds is 9. The van der Waals surface area contributed by atoms with Crippen LogP contribution >= 0.6 is 0 Å². The van der Waals surface area contributed by atoms with Crippen LogP contribution in [-0.2, 0) is 29.1 Å². The predicted octanol–water partition coefficient (Wildman–Crippen LogP) is 4.78. The van der Waals surface area contributed by atoms with Gasteiger partial charge >= 0.3 is 6.09 Å². The molecule has 1 saturated heterocycles. The number of fused-ring (bicyclic) bond motifs is 4. The van der Waals surface area contributed by atoms with Crippen molar-refractivity contribution < 1.29 is 46.5 Å². The smallest absolute Gasteiger partial charge is 0.408 e. The number of nitrogens with one attached hydrogen (secondary N) is 3. The molecular weight excluding hydrogens is 767 g/mol. The first kappa shape index (κ1) is 41.3. The van der Waals surface area contributed by atoms with Crippen LogP contribution in [0.4, 0.5) is 4.79 Å². The summed E-state index contributed by atoms with van der Waals surface area (Å²) in [6, 6.07) is 3.14. The van der Waals surface area contributed by atoms with E-state index in [1.165, 1.54) is 11.0 Å². The van der Waals surface area contributed by atoms with Crippen molar-refractivity contribution in [2.45, 2.75) is 121 Å². The number of hydrogen-bond acceptors (Lipinski definition) is 11. The van der Waals surface area contributed by atoms with Gasteiger partial charge in [0.1, 0.15) is 41.3 Å². The van der Waals surface area contributed by atoms with Gasteiger partial charge in [-0.1, -0.05) is 45.4 Å². The normalized spacial score (nSPS) is 29.4. The summed E-state index contributed by atoms with van der Waals surface area (Å²) in [6.45, 7) is 11.4. The predicted molar refractivity (Wildman–Crippen MR) is 216 cm³/mol. The average Bonchev–Trinajstić information content (AvgIpc) is 4.10. The van der Waals surface area contributed by atoms with Crippen LogP contribution in [0.3, 0.4) is 0 Å². The Morgan fingerprint density at radius 3 is 2.55 bits per heavy atom. The molecule has 314 valence electrons. The van der Waals surface area contributed by atoms with Crippen molar-refractivity contribution in [3.8, 4) is 17.4 Å². The van der Waals surface area contributed by atoms with E-state index in [-0.39, 0.29) is 31.4 Å². The van der Waals surface area contributed by atoms with Gasteiger partial charge in [-0.05, 0) is 69.3 Å². The van der Waals surface area contributed by atoms with Crippen molar-refractivity contribution in [1.29, 1.82) is 0 Å². The van der Waals surface area contributed by atoms with Gasteiger partial charge in [-0.15, -0.1) is 6.58 Å². The molecule has 15 nitrogen and oxygen atoms in total. The summed E-state index contributed by atoms with van der Waals surface area (Å²) in [5.41, 5.74) is -1.06. The lowest BCUT2D eigenvalue weighted by Crippen LogP contribution is -2.60. The standard InChI is InChI=1S/C42H55N5O10S/c1-7-26-22-42(26,39(50)46-58(52,53)28-16-17-28)45-37(48)31-19-27-23-47(31)38(49)36(41(3,4)5)44-40(51)57-32-15-10-9-12-24(32)13-11-14-25-18-29-30(20-33(25)54-6)43-35(55-8-2)21-34(29)56-27/h7,11,14,18,20-21,24,26-28,31-32,36H,1,8-10,12-13,15-17,19,22-23H2,2-6H3,(H,44,51)(H,45,48)(H,46,50)/b14-11+/t24-,26-,27-,31+,32+,36-,42-/m1/s1. The fraction of sp³-hybridized carbons (Fsp3) is 0.595. The highest BCUT2D eigenvalue weighted by molar-refractivity contribution is 7.91. The van der Waals surface area contributed by atoms with Gasteiger partial charge in [-0.3, -0.25) is 19.1 Å².